The van der Waals surface area contributed by atoms with Crippen molar-refractivity contribution in [3.8, 4) is 0 Å². The molecule has 3 heteroatoms. The number of amides is 1. The van der Waals surface area contributed by atoms with Gasteiger partial charge in [0.2, 0.25) is 0 Å². The summed E-state index contributed by atoms with van der Waals surface area (Å²) in [5, 5.41) is 0. The molecule has 0 saturated heterocycles. The number of hydrogen-bond donors (Lipinski definition) is 2. The van der Waals surface area contributed by atoms with Crippen molar-refractivity contribution in [2.24, 2.45) is 5.41 Å². The van der Waals surface area contributed by atoms with Gasteiger partial charge in [-0.25, -0.2) is 5.43 Å². The summed E-state index contributed by atoms with van der Waals surface area (Å²) in [6, 6.07) is 7.55. The molecule has 0 atom stereocenters. The highest BCUT2D eigenvalue weighted by Gasteiger charge is 2.09. The maximum atomic E-state index is 11.7. The van der Waals surface area contributed by atoms with E-state index in [0.29, 0.717) is 11.0 Å². The Hall–Kier alpha value is -1.35. The fourth-order valence-corrected chi connectivity index (χ4v) is 1.63. The van der Waals surface area contributed by atoms with Gasteiger partial charge >= 0.3 is 0 Å². The molecule has 3 nitrogen and oxygen atoms in total. The van der Waals surface area contributed by atoms with Crippen molar-refractivity contribution in [1.29, 1.82) is 0 Å². The molecule has 0 aliphatic rings. The van der Waals surface area contributed by atoms with Gasteiger partial charge in [-0.2, -0.15) is 0 Å². The zero-order valence-electron chi connectivity index (χ0n) is 11.8. The van der Waals surface area contributed by atoms with Gasteiger partial charge in [0.1, 0.15) is 0 Å². The molecule has 0 saturated carbocycles. The van der Waals surface area contributed by atoms with Gasteiger partial charge in [0, 0.05) is 12.1 Å². The molecule has 1 aromatic carbocycles. The third kappa shape index (κ3) is 5.82. The fraction of sp³-hybridized carbons (Fsp3) is 0.533. The van der Waals surface area contributed by atoms with Crippen LogP contribution in [-0.4, -0.2) is 12.5 Å². The predicted molar refractivity (Wildman–Crippen MR) is 75.3 cm³/mol. The standard InChI is InChI=1S/C15H24N2O/c1-12-6-8-13(9-7-12)14(18)17-16-11-5-10-15(2,3)4/h6-9,16H,5,10-11H2,1-4H3,(H,17,18). The number of hydrazine groups is 1. The van der Waals surface area contributed by atoms with E-state index in [-0.39, 0.29) is 5.91 Å². The highest BCUT2D eigenvalue weighted by molar-refractivity contribution is 5.93. The van der Waals surface area contributed by atoms with E-state index >= 15 is 0 Å². The van der Waals surface area contributed by atoms with Gasteiger partial charge in [-0.05, 0) is 37.3 Å². The van der Waals surface area contributed by atoms with Gasteiger partial charge in [-0.3, -0.25) is 10.2 Å². The van der Waals surface area contributed by atoms with E-state index in [1.165, 1.54) is 0 Å². The zero-order chi connectivity index (χ0) is 13.6. The first-order valence-electron chi connectivity index (χ1n) is 6.48. The highest BCUT2D eigenvalue weighted by Crippen LogP contribution is 2.19. The molecule has 1 rings (SSSR count). The minimum absolute atomic E-state index is 0.0780. The first-order chi connectivity index (χ1) is 8.38. The van der Waals surface area contributed by atoms with E-state index in [0.717, 1.165) is 24.9 Å². The number of hydrogen-bond acceptors (Lipinski definition) is 2. The molecule has 1 aromatic rings. The first-order valence-corrected chi connectivity index (χ1v) is 6.48. The van der Waals surface area contributed by atoms with Crippen molar-refractivity contribution in [3.63, 3.8) is 0 Å². The second-order valence-electron chi connectivity index (χ2n) is 5.91. The van der Waals surface area contributed by atoms with E-state index < -0.39 is 0 Å². The molecule has 0 aromatic heterocycles. The average Bonchev–Trinajstić information content (AvgIpc) is 2.27. The van der Waals surface area contributed by atoms with Gasteiger partial charge < -0.3 is 0 Å². The number of carbonyl (C=O) groups is 1. The largest absolute Gasteiger partial charge is 0.287 e. The number of rotatable bonds is 5. The smallest absolute Gasteiger partial charge is 0.265 e. The Morgan fingerprint density at radius 2 is 1.78 bits per heavy atom. The fourth-order valence-electron chi connectivity index (χ4n) is 1.63. The van der Waals surface area contributed by atoms with Crippen LogP contribution < -0.4 is 10.9 Å². The van der Waals surface area contributed by atoms with Gasteiger partial charge in [-0.1, -0.05) is 38.5 Å². The van der Waals surface area contributed by atoms with Crippen LogP contribution in [0.25, 0.3) is 0 Å². The summed E-state index contributed by atoms with van der Waals surface area (Å²) in [4.78, 5) is 11.7. The topological polar surface area (TPSA) is 41.1 Å². The van der Waals surface area contributed by atoms with Crippen molar-refractivity contribution in [3.05, 3.63) is 35.4 Å². The van der Waals surface area contributed by atoms with E-state index in [4.69, 9.17) is 0 Å². The Morgan fingerprint density at radius 1 is 1.17 bits per heavy atom. The van der Waals surface area contributed by atoms with Crippen molar-refractivity contribution >= 4 is 5.91 Å². The Balaban J connectivity index is 2.24. The van der Waals surface area contributed by atoms with Gasteiger partial charge in [0.25, 0.3) is 5.91 Å². The molecular weight excluding hydrogens is 224 g/mol. The molecule has 0 bridgehead atoms. The molecule has 1 amide bonds. The summed E-state index contributed by atoms with van der Waals surface area (Å²) in [5.41, 5.74) is 7.88. The molecule has 18 heavy (non-hydrogen) atoms. The van der Waals surface area contributed by atoms with E-state index in [9.17, 15) is 4.79 Å². The lowest BCUT2D eigenvalue weighted by molar-refractivity contribution is 0.0932. The third-order valence-corrected chi connectivity index (χ3v) is 2.74. The Morgan fingerprint density at radius 3 is 2.33 bits per heavy atom. The predicted octanol–water partition coefficient (Wildman–Crippen LogP) is 3.06. The van der Waals surface area contributed by atoms with Crippen LogP contribution in [0.4, 0.5) is 0 Å². The molecular formula is C15H24N2O. The number of carbonyl (C=O) groups excluding carboxylic acids is 1. The zero-order valence-corrected chi connectivity index (χ0v) is 11.8. The van der Waals surface area contributed by atoms with Crippen molar-refractivity contribution < 1.29 is 4.79 Å². The second kappa shape index (κ2) is 6.55. The van der Waals surface area contributed by atoms with Crippen LogP contribution in [0.15, 0.2) is 24.3 Å². The van der Waals surface area contributed by atoms with Gasteiger partial charge in [0.05, 0.1) is 0 Å². The molecule has 0 spiro atoms. The lowest BCUT2D eigenvalue weighted by Crippen LogP contribution is -2.38. The quantitative estimate of drug-likeness (QED) is 0.621. The Bertz CT molecular complexity index is 376. The summed E-state index contributed by atoms with van der Waals surface area (Å²) in [5.74, 6) is -0.0780. The molecule has 0 heterocycles. The molecule has 2 N–H and O–H groups in total. The molecule has 0 aliphatic heterocycles. The maximum absolute atomic E-state index is 11.7. The Labute approximate surface area is 110 Å². The number of aryl methyl sites for hydroxylation is 1. The average molecular weight is 248 g/mol. The molecule has 100 valence electrons. The lowest BCUT2D eigenvalue weighted by Gasteiger charge is -2.17. The Kier molecular flexibility index (Phi) is 5.35. The van der Waals surface area contributed by atoms with Crippen LogP contribution in [0.3, 0.4) is 0 Å². The van der Waals surface area contributed by atoms with Crippen LogP contribution in [-0.2, 0) is 0 Å². The summed E-state index contributed by atoms with van der Waals surface area (Å²) in [7, 11) is 0. The van der Waals surface area contributed by atoms with Gasteiger partial charge in [0.15, 0.2) is 0 Å². The molecule has 0 radical (unpaired) electrons. The van der Waals surface area contributed by atoms with E-state index in [1.807, 2.05) is 31.2 Å². The maximum Gasteiger partial charge on any atom is 0.265 e. The van der Waals surface area contributed by atoms with Crippen molar-refractivity contribution in [2.45, 2.75) is 40.5 Å². The molecule has 0 unspecified atom stereocenters. The minimum atomic E-state index is -0.0780. The van der Waals surface area contributed by atoms with Crippen LogP contribution >= 0.6 is 0 Å². The van der Waals surface area contributed by atoms with Crippen LogP contribution in [0.1, 0.15) is 49.5 Å². The summed E-state index contributed by atoms with van der Waals surface area (Å²) in [6.45, 7) is 9.47. The van der Waals surface area contributed by atoms with Crippen LogP contribution in [0.5, 0.6) is 0 Å². The number of nitrogens with one attached hydrogen (secondary N) is 2. The summed E-state index contributed by atoms with van der Waals surface area (Å²) in [6.07, 6.45) is 2.19. The second-order valence-corrected chi connectivity index (χ2v) is 5.91. The first kappa shape index (κ1) is 14.7. The molecule has 0 aliphatic carbocycles. The van der Waals surface area contributed by atoms with E-state index in [1.54, 1.807) is 0 Å². The van der Waals surface area contributed by atoms with Crippen LogP contribution in [0, 0.1) is 12.3 Å². The van der Waals surface area contributed by atoms with Crippen molar-refractivity contribution in [1.82, 2.24) is 10.9 Å². The highest BCUT2D eigenvalue weighted by atomic mass is 16.2. The SMILES string of the molecule is Cc1ccc(C(=O)NNCCCC(C)(C)C)cc1. The summed E-state index contributed by atoms with van der Waals surface area (Å²) >= 11 is 0. The number of benzene rings is 1. The van der Waals surface area contributed by atoms with Crippen molar-refractivity contribution in [2.75, 3.05) is 6.54 Å². The molecule has 0 fully saturated rings. The summed E-state index contributed by atoms with van der Waals surface area (Å²) < 4.78 is 0. The van der Waals surface area contributed by atoms with Gasteiger partial charge in [-0.15, -0.1) is 0 Å². The lowest BCUT2D eigenvalue weighted by atomic mass is 9.91. The monoisotopic (exact) mass is 248 g/mol. The normalized spacial score (nSPS) is 11.3. The van der Waals surface area contributed by atoms with E-state index in [2.05, 4.69) is 31.6 Å². The minimum Gasteiger partial charge on any atom is -0.287 e. The third-order valence-electron chi connectivity index (χ3n) is 2.74. The van der Waals surface area contributed by atoms with Crippen LogP contribution in [0.2, 0.25) is 0 Å².